The van der Waals surface area contributed by atoms with Crippen LogP contribution in [0.5, 0.6) is 0 Å². The Balaban J connectivity index is 0.00000272. The first-order valence-electron chi connectivity index (χ1n) is 12.0. The molecule has 0 radical (unpaired) electrons. The summed E-state index contributed by atoms with van der Waals surface area (Å²) in [6, 6.07) is 0. The van der Waals surface area contributed by atoms with Crippen molar-refractivity contribution in [3.05, 3.63) is 12.2 Å². The first-order chi connectivity index (χ1) is 14.7. The van der Waals surface area contributed by atoms with Crippen LogP contribution < -0.4 is 10.6 Å². The summed E-state index contributed by atoms with van der Waals surface area (Å²) in [6.07, 6.45) is 11.0. The summed E-state index contributed by atoms with van der Waals surface area (Å²) in [6.45, 7) is 8.63. The Morgan fingerprint density at radius 3 is 2.32 bits per heavy atom. The van der Waals surface area contributed by atoms with Gasteiger partial charge in [-0.1, -0.05) is 12.2 Å². The van der Waals surface area contributed by atoms with Gasteiger partial charge in [0.25, 0.3) is 0 Å². The number of nitrogens with zero attached hydrogens (tertiary/aromatic N) is 3. The molecule has 31 heavy (non-hydrogen) atoms. The normalized spacial score (nSPS) is 29.6. The van der Waals surface area contributed by atoms with Crippen molar-refractivity contribution in [2.45, 2.75) is 45.4 Å². The highest BCUT2D eigenvalue weighted by atomic mass is 127. The SMILES string of the molecule is CCNC(=NCCCN1C(=O)C2C3C=CC(C3)C2C1=O)NCCCCN1CCCC1.I. The Kier molecular flexibility index (Phi) is 9.18. The molecule has 2 aliphatic heterocycles. The van der Waals surface area contributed by atoms with E-state index < -0.39 is 0 Å². The van der Waals surface area contributed by atoms with E-state index in [0.29, 0.717) is 19.5 Å². The number of rotatable bonds is 10. The zero-order valence-corrected chi connectivity index (χ0v) is 21.1. The molecule has 7 nitrogen and oxygen atoms in total. The Bertz CT molecular complexity index is 661. The molecule has 8 heteroatoms. The zero-order valence-electron chi connectivity index (χ0n) is 18.7. The summed E-state index contributed by atoms with van der Waals surface area (Å²) in [5.41, 5.74) is 0. The van der Waals surface area contributed by atoms with Crippen molar-refractivity contribution in [3.63, 3.8) is 0 Å². The molecule has 2 bridgehead atoms. The maximum Gasteiger partial charge on any atom is 0.233 e. The molecule has 2 amide bonds. The number of likely N-dealkylation sites (tertiary alicyclic amines) is 2. The summed E-state index contributed by atoms with van der Waals surface area (Å²) >= 11 is 0. The zero-order chi connectivity index (χ0) is 20.9. The lowest BCUT2D eigenvalue weighted by Gasteiger charge is -2.17. The Hall–Kier alpha value is -1.16. The largest absolute Gasteiger partial charge is 0.357 e. The quantitative estimate of drug-likeness (QED) is 0.110. The fraction of sp³-hybridized carbons (Fsp3) is 0.783. The second kappa shape index (κ2) is 11.6. The highest BCUT2D eigenvalue weighted by Gasteiger charge is 2.58. The lowest BCUT2D eigenvalue weighted by Crippen LogP contribution is -2.38. The van der Waals surface area contributed by atoms with Crippen molar-refractivity contribution in [3.8, 4) is 0 Å². The molecule has 3 fully saturated rings. The number of fused-ring (bicyclic) bond motifs is 5. The van der Waals surface area contributed by atoms with E-state index in [-0.39, 0.29) is 59.5 Å². The molecule has 4 unspecified atom stereocenters. The minimum absolute atomic E-state index is 0. The predicted octanol–water partition coefficient (Wildman–Crippen LogP) is 2.23. The average molecular weight is 543 g/mol. The maximum atomic E-state index is 12.7. The van der Waals surface area contributed by atoms with E-state index in [0.717, 1.165) is 31.9 Å². The molecule has 0 aromatic carbocycles. The highest BCUT2D eigenvalue weighted by molar-refractivity contribution is 14.0. The molecule has 4 atom stereocenters. The van der Waals surface area contributed by atoms with E-state index in [1.165, 1.54) is 43.8 Å². The summed E-state index contributed by atoms with van der Waals surface area (Å²) in [4.78, 5) is 34.1. The van der Waals surface area contributed by atoms with Crippen molar-refractivity contribution in [2.75, 3.05) is 45.8 Å². The van der Waals surface area contributed by atoms with Gasteiger partial charge in [-0.05, 0) is 76.9 Å². The summed E-state index contributed by atoms with van der Waals surface area (Å²) in [5.74, 6) is 1.33. The van der Waals surface area contributed by atoms with Crippen LogP contribution in [0.2, 0.25) is 0 Å². The number of imide groups is 1. The molecule has 4 rings (SSSR count). The molecule has 0 aromatic heterocycles. The molecule has 4 aliphatic rings. The monoisotopic (exact) mass is 543 g/mol. The van der Waals surface area contributed by atoms with Crippen LogP contribution in [0.25, 0.3) is 0 Å². The van der Waals surface area contributed by atoms with E-state index in [2.05, 4.69) is 39.6 Å². The van der Waals surface area contributed by atoms with Crippen LogP contribution in [0.15, 0.2) is 17.1 Å². The minimum atomic E-state index is -0.0875. The fourth-order valence-electron chi connectivity index (χ4n) is 5.62. The van der Waals surface area contributed by atoms with Gasteiger partial charge in [0.2, 0.25) is 11.8 Å². The molecule has 1 saturated carbocycles. The van der Waals surface area contributed by atoms with Gasteiger partial charge in [0.1, 0.15) is 0 Å². The molecular formula is C23H38IN5O2. The third-order valence-corrected chi connectivity index (χ3v) is 7.11. The van der Waals surface area contributed by atoms with Crippen molar-refractivity contribution in [1.82, 2.24) is 20.4 Å². The number of amides is 2. The van der Waals surface area contributed by atoms with E-state index >= 15 is 0 Å². The lowest BCUT2D eigenvalue weighted by molar-refractivity contribution is -0.140. The van der Waals surface area contributed by atoms with E-state index in [4.69, 9.17) is 0 Å². The molecular weight excluding hydrogens is 505 g/mol. The number of aliphatic imine (C=N–C) groups is 1. The van der Waals surface area contributed by atoms with E-state index in [9.17, 15) is 9.59 Å². The molecule has 174 valence electrons. The van der Waals surface area contributed by atoms with Gasteiger partial charge in [0, 0.05) is 26.2 Å². The smallest absolute Gasteiger partial charge is 0.233 e. The Labute approximate surface area is 203 Å². The van der Waals surface area contributed by atoms with Gasteiger partial charge in [-0.3, -0.25) is 19.5 Å². The number of nitrogens with one attached hydrogen (secondary N) is 2. The third-order valence-electron chi connectivity index (χ3n) is 7.11. The molecule has 2 N–H and O–H groups in total. The first kappa shape index (κ1) is 24.5. The van der Waals surface area contributed by atoms with Crippen molar-refractivity contribution in [1.29, 1.82) is 0 Å². The fourth-order valence-corrected chi connectivity index (χ4v) is 5.62. The molecule has 2 heterocycles. The van der Waals surface area contributed by atoms with Crippen molar-refractivity contribution in [2.24, 2.45) is 28.7 Å². The van der Waals surface area contributed by atoms with Crippen LogP contribution in [-0.2, 0) is 9.59 Å². The number of guanidine groups is 1. The van der Waals surface area contributed by atoms with Crippen LogP contribution >= 0.6 is 24.0 Å². The number of allylic oxidation sites excluding steroid dienone is 2. The van der Waals surface area contributed by atoms with Crippen LogP contribution in [0, 0.1) is 23.7 Å². The van der Waals surface area contributed by atoms with E-state index in [1.807, 2.05) is 0 Å². The summed E-state index contributed by atoms with van der Waals surface area (Å²) in [5, 5.41) is 6.69. The maximum absolute atomic E-state index is 12.7. The number of carbonyl (C=O) groups excluding carboxylic acids is 2. The molecule has 2 aliphatic carbocycles. The minimum Gasteiger partial charge on any atom is -0.357 e. The second-order valence-electron chi connectivity index (χ2n) is 9.12. The molecule has 0 spiro atoms. The van der Waals surface area contributed by atoms with Gasteiger partial charge in [-0.15, -0.1) is 24.0 Å². The number of carbonyl (C=O) groups is 2. The highest BCUT2D eigenvalue weighted by Crippen LogP contribution is 2.52. The van der Waals surface area contributed by atoms with Gasteiger partial charge in [0.15, 0.2) is 5.96 Å². The third kappa shape index (κ3) is 5.61. The van der Waals surface area contributed by atoms with Gasteiger partial charge < -0.3 is 15.5 Å². The van der Waals surface area contributed by atoms with Gasteiger partial charge in [-0.25, -0.2) is 0 Å². The average Bonchev–Trinajstić information content (AvgIpc) is 3.52. The summed E-state index contributed by atoms with van der Waals surface area (Å²) in [7, 11) is 0. The standard InChI is InChI=1S/C23H37N5O2.HI/c1-2-24-23(25-10-3-4-12-27-13-5-6-14-27)26-11-7-15-28-21(29)19-17-8-9-18(16-17)20(19)22(28)30;/h8-9,17-20H,2-7,10-16H2,1H3,(H2,24,25,26);1H. The number of unbranched alkanes of at least 4 members (excludes halogenated alkanes) is 1. The van der Waals surface area contributed by atoms with Crippen LogP contribution in [0.4, 0.5) is 0 Å². The molecule has 2 saturated heterocycles. The van der Waals surface area contributed by atoms with Crippen molar-refractivity contribution < 1.29 is 9.59 Å². The Morgan fingerprint density at radius 2 is 1.68 bits per heavy atom. The van der Waals surface area contributed by atoms with Crippen LogP contribution in [0.1, 0.15) is 45.4 Å². The van der Waals surface area contributed by atoms with Gasteiger partial charge in [-0.2, -0.15) is 0 Å². The van der Waals surface area contributed by atoms with Crippen LogP contribution in [-0.4, -0.2) is 73.4 Å². The van der Waals surface area contributed by atoms with Crippen LogP contribution in [0.3, 0.4) is 0 Å². The first-order valence-corrected chi connectivity index (χ1v) is 12.0. The predicted molar refractivity (Wildman–Crippen MR) is 133 cm³/mol. The van der Waals surface area contributed by atoms with Gasteiger partial charge in [0.05, 0.1) is 11.8 Å². The molecule has 0 aromatic rings. The van der Waals surface area contributed by atoms with E-state index in [1.54, 1.807) is 0 Å². The number of hydrogen-bond acceptors (Lipinski definition) is 4. The number of hydrogen-bond donors (Lipinski definition) is 2. The topological polar surface area (TPSA) is 77.0 Å². The lowest BCUT2D eigenvalue weighted by atomic mass is 9.85. The number of halogens is 1. The van der Waals surface area contributed by atoms with Gasteiger partial charge >= 0.3 is 0 Å². The second-order valence-corrected chi connectivity index (χ2v) is 9.12. The summed E-state index contributed by atoms with van der Waals surface area (Å²) < 4.78 is 0. The van der Waals surface area contributed by atoms with Crippen molar-refractivity contribution >= 4 is 41.8 Å². The Morgan fingerprint density at radius 1 is 1.00 bits per heavy atom.